The molecule has 3 rings (SSSR count). The molecule has 1 fully saturated rings. The summed E-state index contributed by atoms with van der Waals surface area (Å²) in [6.45, 7) is 2.71. The molecule has 8 nitrogen and oxygen atoms in total. The number of imide groups is 1. The van der Waals surface area contributed by atoms with Crippen molar-refractivity contribution in [2.24, 2.45) is 5.92 Å². The van der Waals surface area contributed by atoms with Crippen LogP contribution in [0.15, 0.2) is 24.3 Å². The first kappa shape index (κ1) is 22.9. The first-order chi connectivity index (χ1) is 14.9. The molecule has 0 aliphatic carbocycles. The van der Waals surface area contributed by atoms with Crippen molar-refractivity contribution in [3.63, 3.8) is 0 Å². The Morgan fingerprint density at radius 3 is 2.74 bits per heavy atom. The second kappa shape index (κ2) is 10.5. The van der Waals surface area contributed by atoms with Gasteiger partial charge >= 0.3 is 0 Å². The molecule has 1 saturated heterocycles. The molecule has 0 saturated carbocycles. The van der Waals surface area contributed by atoms with Crippen LogP contribution in [0.5, 0.6) is 0 Å². The van der Waals surface area contributed by atoms with Crippen LogP contribution >= 0.6 is 0 Å². The van der Waals surface area contributed by atoms with Crippen molar-refractivity contribution in [1.82, 2.24) is 15.5 Å². The average Bonchev–Trinajstić information content (AvgIpc) is 3.07. The van der Waals surface area contributed by atoms with E-state index in [1.54, 1.807) is 4.90 Å². The molecule has 0 radical (unpaired) electrons. The minimum absolute atomic E-state index is 0.0281. The Kier molecular flexibility index (Phi) is 7.79. The first-order valence-corrected chi connectivity index (χ1v) is 11.1. The third-order valence-electron chi connectivity index (χ3n) is 6.07. The predicted octanol–water partition coefficient (Wildman–Crippen LogP) is 1.22. The molecule has 2 aliphatic heterocycles. The van der Waals surface area contributed by atoms with Gasteiger partial charge in [0.15, 0.2) is 0 Å². The number of hydrogen-bond donors (Lipinski definition) is 3. The fraction of sp³-hybridized carbons (Fsp3) is 0.565. The van der Waals surface area contributed by atoms with Crippen molar-refractivity contribution in [2.45, 2.75) is 64.0 Å². The van der Waals surface area contributed by atoms with Crippen molar-refractivity contribution < 1.29 is 24.3 Å². The Morgan fingerprint density at radius 2 is 2.03 bits per heavy atom. The summed E-state index contributed by atoms with van der Waals surface area (Å²) in [7, 11) is 0. The van der Waals surface area contributed by atoms with E-state index in [4.69, 9.17) is 0 Å². The van der Waals surface area contributed by atoms with Gasteiger partial charge in [-0.1, -0.05) is 50.5 Å². The number of nitrogens with zero attached hydrogens (tertiary/aromatic N) is 1. The molecule has 0 spiro atoms. The summed E-state index contributed by atoms with van der Waals surface area (Å²) in [4.78, 5) is 50.5. The normalized spacial score (nSPS) is 21.4. The standard InChI is InChI=1S/C23H31N3O5/c1-2-3-4-9-19(27)23(31)24-14-18-17-8-6-5-7-15(17)10-11-26(18)21(29)13-16-12-20(28)25-22(16)30/h5-8,16,18-19,27H,2-4,9-14H2,1H3,(H,24,31)(H,25,28,30). The summed E-state index contributed by atoms with van der Waals surface area (Å²) >= 11 is 0. The number of aliphatic hydroxyl groups excluding tert-OH is 1. The number of rotatable bonds is 9. The summed E-state index contributed by atoms with van der Waals surface area (Å²) in [5.74, 6) is -2.06. The van der Waals surface area contributed by atoms with E-state index in [-0.39, 0.29) is 37.2 Å². The van der Waals surface area contributed by atoms with Gasteiger partial charge in [-0.2, -0.15) is 0 Å². The van der Waals surface area contributed by atoms with Gasteiger partial charge in [-0.15, -0.1) is 0 Å². The first-order valence-electron chi connectivity index (χ1n) is 11.1. The molecule has 31 heavy (non-hydrogen) atoms. The zero-order valence-corrected chi connectivity index (χ0v) is 17.9. The van der Waals surface area contributed by atoms with E-state index in [0.29, 0.717) is 19.4 Å². The van der Waals surface area contributed by atoms with Crippen LogP contribution in [0.4, 0.5) is 0 Å². The summed E-state index contributed by atoms with van der Waals surface area (Å²) < 4.78 is 0. The topological polar surface area (TPSA) is 116 Å². The molecule has 4 amide bonds. The van der Waals surface area contributed by atoms with Gasteiger partial charge in [0, 0.05) is 25.9 Å². The highest BCUT2D eigenvalue weighted by atomic mass is 16.3. The van der Waals surface area contributed by atoms with E-state index in [0.717, 1.165) is 30.4 Å². The number of amides is 4. The lowest BCUT2D eigenvalue weighted by molar-refractivity contribution is -0.138. The highest BCUT2D eigenvalue weighted by Gasteiger charge is 2.37. The zero-order valence-electron chi connectivity index (χ0n) is 17.9. The van der Waals surface area contributed by atoms with Crippen LogP contribution in [0.1, 0.15) is 62.6 Å². The Morgan fingerprint density at radius 1 is 1.26 bits per heavy atom. The fourth-order valence-electron chi connectivity index (χ4n) is 4.30. The summed E-state index contributed by atoms with van der Waals surface area (Å²) in [6, 6.07) is 7.40. The molecular formula is C23H31N3O5. The van der Waals surface area contributed by atoms with Gasteiger partial charge in [-0.05, 0) is 24.0 Å². The zero-order chi connectivity index (χ0) is 22.4. The third-order valence-corrected chi connectivity index (χ3v) is 6.07. The number of aliphatic hydroxyl groups is 1. The second-order valence-corrected chi connectivity index (χ2v) is 8.33. The van der Waals surface area contributed by atoms with Gasteiger partial charge in [0.2, 0.25) is 23.6 Å². The van der Waals surface area contributed by atoms with E-state index in [1.807, 2.05) is 24.3 Å². The maximum absolute atomic E-state index is 13.1. The van der Waals surface area contributed by atoms with Crippen molar-refractivity contribution in [3.05, 3.63) is 35.4 Å². The van der Waals surface area contributed by atoms with E-state index < -0.39 is 23.8 Å². The minimum Gasteiger partial charge on any atom is -0.383 e. The number of nitrogens with one attached hydrogen (secondary N) is 2. The van der Waals surface area contributed by atoms with Gasteiger partial charge in [0.1, 0.15) is 6.10 Å². The third kappa shape index (κ3) is 5.70. The van der Waals surface area contributed by atoms with E-state index in [2.05, 4.69) is 17.6 Å². The van der Waals surface area contributed by atoms with E-state index in [9.17, 15) is 24.3 Å². The number of carbonyl (C=O) groups excluding carboxylic acids is 4. The monoisotopic (exact) mass is 429 g/mol. The molecule has 1 aromatic carbocycles. The number of unbranched alkanes of at least 4 members (excludes halogenated alkanes) is 2. The lowest BCUT2D eigenvalue weighted by atomic mass is 9.91. The summed E-state index contributed by atoms with van der Waals surface area (Å²) in [5, 5.41) is 15.2. The molecule has 0 aromatic heterocycles. The molecule has 1 aromatic rings. The Hall–Kier alpha value is -2.74. The van der Waals surface area contributed by atoms with Crippen LogP contribution in [-0.2, 0) is 25.6 Å². The van der Waals surface area contributed by atoms with Gasteiger partial charge in [-0.25, -0.2) is 0 Å². The lowest BCUT2D eigenvalue weighted by Crippen LogP contribution is -2.47. The van der Waals surface area contributed by atoms with Gasteiger partial charge in [0.05, 0.1) is 12.0 Å². The minimum atomic E-state index is -1.07. The Bertz CT molecular complexity index is 840. The summed E-state index contributed by atoms with van der Waals surface area (Å²) in [6.07, 6.45) is 2.77. The van der Waals surface area contributed by atoms with Crippen LogP contribution in [0.3, 0.4) is 0 Å². The molecule has 8 heteroatoms. The molecule has 0 bridgehead atoms. The Labute approximate surface area is 182 Å². The molecule has 3 N–H and O–H groups in total. The average molecular weight is 430 g/mol. The van der Waals surface area contributed by atoms with E-state index >= 15 is 0 Å². The van der Waals surface area contributed by atoms with Gasteiger partial charge < -0.3 is 15.3 Å². The SMILES string of the molecule is CCCCCC(O)C(=O)NCC1c2ccccc2CCN1C(=O)CC1CC(=O)NC1=O. The molecule has 2 heterocycles. The maximum atomic E-state index is 13.1. The van der Waals surface area contributed by atoms with Crippen molar-refractivity contribution in [2.75, 3.05) is 13.1 Å². The predicted molar refractivity (Wildman–Crippen MR) is 114 cm³/mol. The second-order valence-electron chi connectivity index (χ2n) is 8.33. The molecule has 2 aliphatic rings. The van der Waals surface area contributed by atoms with Crippen LogP contribution in [0.2, 0.25) is 0 Å². The van der Waals surface area contributed by atoms with Crippen LogP contribution in [0.25, 0.3) is 0 Å². The molecular weight excluding hydrogens is 398 g/mol. The van der Waals surface area contributed by atoms with Gasteiger partial charge in [-0.3, -0.25) is 24.5 Å². The fourth-order valence-corrected chi connectivity index (χ4v) is 4.30. The largest absolute Gasteiger partial charge is 0.383 e. The quantitative estimate of drug-likeness (QED) is 0.403. The molecule has 168 valence electrons. The van der Waals surface area contributed by atoms with Gasteiger partial charge in [0.25, 0.3) is 0 Å². The lowest BCUT2D eigenvalue weighted by Gasteiger charge is -2.38. The Balaban J connectivity index is 1.68. The van der Waals surface area contributed by atoms with Crippen molar-refractivity contribution in [1.29, 1.82) is 0 Å². The number of benzene rings is 1. The smallest absolute Gasteiger partial charge is 0.248 e. The van der Waals surface area contributed by atoms with Crippen LogP contribution in [-0.4, -0.2) is 52.8 Å². The van der Waals surface area contributed by atoms with Crippen LogP contribution in [0, 0.1) is 5.92 Å². The number of hydrogen-bond acceptors (Lipinski definition) is 5. The maximum Gasteiger partial charge on any atom is 0.248 e. The molecule has 3 atom stereocenters. The number of fused-ring (bicyclic) bond motifs is 1. The van der Waals surface area contributed by atoms with Crippen molar-refractivity contribution in [3.8, 4) is 0 Å². The highest BCUT2D eigenvalue weighted by molar-refractivity contribution is 6.04. The van der Waals surface area contributed by atoms with Crippen LogP contribution < -0.4 is 10.6 Å². The molecule has 3 unspecified atom stereocenters. The van der Waals surface area contributed by atoms with Crippen molar-refractivity contribution >= 4 is 23.6 Å². The number of carbonyl (C=O) groups is 4. The van der Waals surface area contributed by atoms with E-state index in [1.165, 1.54) is 0 Å². The summed E-state index contributed by atoms with van der Waals surface area (Å²) in [5.41, 5.74) is 2.07. The highest BCUT2D eigenvalue weighted by Crippen LogP contribution is 2.31.